The van der Waals surface area contributed by atoms with Gasteiger partial charge in [0.15, 0.2) is 0 Å². The van der Waals surface area contributed by atoms with E-state index in [-0.39, 0.29) is 11.9 Å². The van der Waals surface area contributed by atoms with Crippen molar-refractivity contribution in [2.75, 3.05) is 51.8 Å². The van der Waals surface area contributed by atoms with E-state index in [9.17, 15) is 4.79 Å². The van der Waals surface area contributed by atoms with Crippen LogP contribution in [0.15, 0.2) is 36.4 Å². The van der Waals surface area contributed by atoms with Crippen molar-refractivity contribution in [3.63, 3.8) is 0 Å². The molecule has 1 aromatic heterocycles. The number of esters is 1. The van der Waals surface area contributed by atoms with Gasteiger partial charge in [-0.05, 0) is 73.7 Å². The van der Waals surface area contributed by atoms with Crippen LogP contribution in [-0.4, -0.2) is 62.4 Å². The quantitative estimate of drug-likeness (QED) is 0.535. The first kappa shape index (κ1) is 24.3. The van der Waals surface area contributed by atoms with Crippen molar-refractivity contribution < 1.29 is 14.3 Å². The highest BCUT2D eigenvalue weighted by molar-refractivity contribution is 5.70. The SMILES string of the molecule is COC(=O)C[C@H](CN1CC[C@@H](CCc2ccc3c(n2)NCCC3)C1)c1cccc([C@@H]2CCOC2)c1. The number of aryl methyl sites for hydroxylation is 2. The molecule has 0 saturated carbocycles. The summed E-state index contributed by atoms with van der Waals surface area (Å²) >= 11 is 0. The number of hydrogen-bond acceptors (Lipinski definition) is 6. The predicted octanol–water partition coefficient (Wildman–Crippen LogP) is 4.55. The number of aromatic nitrogens is 1. The first-order valence-electron chi connectivity index (χ1n) is 13.4. The minimum absolute atomic E-state index is 0.132. The Bertz CT molecular complexity index is 1000. The number of anilines is 1. The molecule has 0 aliphatic carbocycles. The van der Waals surface area contributed by atoms with Crippen molar-refractivity contribution in [3.8, 4) is 0 Å². The number of benzene rings is 1. The van der Waals surface area contributed by atoms with Gasteiger partial charge in [-0.25, -0.2) is 4.98 Å². The second-order valence-corrected chi connectivity index (χ2v) is 10.5. The third-order valence-electron chi connectivity index (χ3n) is 8.03. The lowest BCUT2D eigenvalue weighted by molar-refractivity contribution is -0.141. The fourth-order valence-electron chi connectivity index (χ4n) is 5.92. The molecule has 6 heteroatoms. The molecule has 2 aromatic rings. The Kier molecular flexibility index (Phi) is 7.99. The van der Waals surface area contributed by atoms with Crippen LogP contribution in [0.5, 0.6) is 0 Å². The number of rotatable bonds is 9. The maximum absolute atomic E-state index is 12.3. The third-order valence-corrected chi connectivity index (χ3v) is 8.03. The minimum Gasteiger partial charge on any atom is -0.469 e. The lowest BCUT2D eigenvalue weighted by Gasteiger charge is -2.24. The summed E-state index contributed by atoms with van der Waals surface area (Å²) in [5.74, 6) is 2.27. The number of pyridine rings is 1. The molecule has 1 N–H and O–H groups in total. The fourth-order valence-corrected chi connectivity index (χ4v) is 5.92. The largest absolute Gasteiger partial charge is 0.469 e. The summed E-state index contributed by atoms with van der Waals surface area (Å²) in [4.78, 5) is 19.7. The zero-order valence-electron chi connectivity index (χ0n) is 21.0. The summed E-state index contributed by atoms with van der Waals surface area (Å²) in [5.41, 5.74) is 5.14. The zero-order valence-corrected chi connectivity index (χ0v) is 21.0. The molecule has 0 bridgehead atoms. The van der Waals surface area contributed by atoms with Crippen LogP contribution in [0, 0.1) is 5.92 Å². The highest BCUT2D eigenvalue weighted by atomic mass is 16.5. The third kappa shape index (κ3) is 6.22. The molecule has 4 heterocycles. The van der Waals surface area contributed by atoms with Crippen LogP contribution >= 0.6 is 0 Å². The molecule has 1 aromatic carbocycles. The molecule has 0 radical (unpaired) electrons. The molecule has 2 saturated heterocycles. The van der Waals surface area contributed by atoms with E-state index in [1.165, 1.54) is 48.8 Å². The zero-order chi connectivity index (χ0) is 24.0. The molecule has 3 aliphatic heterocycles. The van der Waals surface area contributed by atoms with E-state index in [0.717, 1.165) is 64.5 Å². The van der Waals surface area contributed by atoms with Gasteiger partial charge in [0, 0.05) is 43.8 Å². The highest BCUT2D eigenvalue weighted by Crippen LogP contribution is 2.31. The van der Waals surface area contributed by atoms with Crippen LogP contribution in [0.3, 0.4) is 0 Å². The number of likely N-dealkylation sites (tertiary alicyclic amines) is 1. The van der Waals surface area contributed by atoms with Crippen LogP contribution in [-0.2, 0) is 27.1 Å². The van der Waals surface area contributed by atoms with Crippen LogP contribution in [0.1, 0.15) is 66.3 Å². The van der Waals surface area contributed by atoms with Gasteiger partial charge in [0.1, 0.15) is 5.82 Å². The summed E-state index contributed by atoms with van der Waals surface area (Å²) in [6, 6.07) is 13.3. The summed E-state index contributed by atoms with van der Waals surface area (Å²) in [5, 5.41) is 3.45. The van der Waals surface area contributed by atoms with Crippen LogP contribution < -0.4 is 5.32 Å². The molecule has 0 amide bonds. The molecular formula is C29H39N3O3. The molecule has 2 fully saturated rings. The lowest BCUT2D eigenvalue weighted by Crippen LogP contribution is -2.28. The molecule has 5 rings (SSSR count). The fraction of sp³-hybridized carbons (Fsp3) is 0.586. The first-order valence-corrected chi connectivity index (χ1v) is 13.4. The van der Waals surface area contributed by atoms with E-state index in [1.54, 1.807) is 0 Å². The first-order chi connectivity index (χ1) is 17.2. The monoisotopic (exact) mass is 477 g/mol. The highest BCUT2D eigenvalue weighted by Gasteiger charge is 2.27. The Morgan fingerprint density at radius 3 is 3.09 bits per heavy atom. The van der Waals surface area contributed by atoms with Gasteiger partial charge in [-0.3, -0.25) is 4.79 Å². The standard InChI is InChI=1S/C29H39N3O3/c1-34-28(33)17-26(24-5-2-4-23(16-24)25-12-15-35-20-25)19-32-14-11-21(18-32)7-9-27-10-8-22-6-3-13-30-29(22)31-27/h2,4-5,8,10,16,21,25-26H,3,6-7,9,11-15,17-20H2,1H3,(H,30,31)/t21-,25-,26-/m1/s1. The van der Waals surface area contributed by atoms with Gasteiger partial charge in [-0.1, -0.05) is 30.3 Å². The van der Waals surface area contributed by atoms with Gasteiger partial charge in [0.25, 0.3) is 0 Å². The number of carbonyl (C=O) groups is 1. The predicted molar refractivity (Wildman–Crippen MR) is 138 cm³/mol. The molecule has 3 aliphatic rings. The normalized spacial score (nSPS) is 23.0. The number of nitrogens with one attached hydrogen (secondary N) is 1. The van der Waals surface area contributed by atoms with Gasteiger partial charge in [0.2, 0.25) is 0 Å². The van der Waals surface area contributed by atoms with Crippen LogP contribution in [0.25, 0.3) is 0 Å². The number of methoxy groups -OCH3 is 1. The summed E-state index contributed by atoms with van der Waals surface area (Å²) in [6.45, 7) is 5.76. The Hall–Kier alpha value is -2.44. The number of ether oxygens (including phenoxy) is 2. The van der Waals surface area contributed by atoms with E-state index < -0.39 is 0 Å². The van der Waals surface area contributed by atoms with Crippen molar-refractivity contribution >= 4 is 11.8 Å². The molecule has 0 unspecified atom stereocenters. The number of nitrogens with zero attached hydrogens (tertiary/aromatic N) is 2. The summed E-state index contributed by atoms with van der Waals surface area (Å²) < 4.78 is 10.7. The van der Waals surface area contributed by atoms with Crippen molar-refractivity contribution in [2.45, 2.75) is 56.8 Å². The van der Waals surface area contributed by atoms with Gasteiger partial charge in [0.05, 0.1) is 20.1 Å². The van der Waals surface area contributed by atoms with E-state index in [0.29, 0.717) is 18.3 Å². The van der Waals surface area contributed by atoms with Gasteiger partial charge in [-0.2, -0.15) is 0 Å². The Morgan fingerprint density at radius 2 is 2.23 bits per heavy atom. The Balaban J connectivity index is 1.19. The van der Waals surface area contributed by atoms with Crippen LogP contribution in [0.2, 0.25) is 0 Å². The molecule has 35 heavy (non-hydrogen) atoms. The maximum atomic E-state index is 12.3. The number of fused-ring (bicyclic) bond motifs is 1. The van der Waals surface area contributed by atoms with Gasteiger partial charge < -0.3 is 19.7 Å². The molecule has 188 valence electrons. The second-order valence-electron chi connectivity index (χ2n) is 10.5. The van der Waals surface area contributed by atoms with E-state index in [2.05, 4.69) is 46.6 Å². The van der Waals surface area contributed by atoms with E-state index in [1.807, 2.05) is 0 Å². The van der Waals surface area contributed by atoms with Crippen LogP contribution in [0.4, 0.5) is 5.82 Å². The Labute approximate surface area is 209 Å². The van der Waals surface area contributed by atoms with Crippen molar-refractivity contribution in [1.29, 1.82) is 0 Å². The average Bonchev–Trinajstić information content (AvgIpc) is 3.60. The van der Waals surface area contributed by atoms with Crippen molar-refractivity contribution in [2.24, 2.45) is 5.92 Å². The van der Waals surface area contributed by atoms with Crippen molar-refractivity contribution in [1.82, 2.24) is 9.88 Å². The minimum atomic E-state index is -0.132. The van der Waals surface area contributed by atoms with Gasteiger partial charge >= 0.3 is 5.97 Å². The maximum Gasteiger partial charge on any atom is 0.306 e. The smallest absolute Gasteiger partial charge is 0.306 e. The Morgan fingerprint density at radius 1 is 1.29 bits per heavy atom. The van der Waals surface area contributed by atoms with E-state index >= 15 is 0 Å². The molecule has 3 atom stereocenters. The molecular weight excluding hydrogens is 438 g/mol. The molecule has 6 nitrogen and oxygen atoms in total. The average molecular weight is 478 g/mol. The summed E-state index contributed by atoms with van der Waals surface area (Å²) in [7, 11) is 1.49. The number of hydrogen-bond donors (Lipinski definition) is 1. The number of carbonyl (C=O) groups excluding carboxylic acids is 1. The summed E-state index contributed by atoms with van der Waals surface area (Å²) in [6.07, 6.45) is 7.25. The molecule has 0 spiro atoms. The van der Waals surface area contributed by atoms with Gasteiger partial charge in [-0.15, -0.1) is 0 Å². The topological polar surface area (TPSA) is 63.7 Å². The van der Waals surface area contributed by atoms with E-state index in [4.69, 9.17) is 14.5 Å². The second kappa shape index (κ2) is 11.5. The lowest BCUT2D eigenvalue weighted by atomic mass is 9.90. The van der Waals surface area contributed by atoms with Crippen molar-refractivity contribution in [3.05, 3.63) is 58.8 Å².